The number of thioether (sulfide) groups is 1. The number of allylic oxidation sites excluding steroid dienone is 1. The maximum atomic E-state index is 4.50. The molecule has 6 nitrogen and oxygen atoms in total. The van der Waals surface area contributed by atoms with Crippen LogP contribution in [-0.2, 0) is 6.54 Å². The summed E-state index contributed by atoms with van der Waals surface area (Å²) in [7, 11) is 0. The molecule has 0 aliphatic heterocycles. The molecular weight excluding hydrogens is 384 g/mol. The van der Waals surface area contributed by atoms with Crippen molar-refractivity contribution in [3.63, 3.8) is 0 Å². The van der Waals surface area contributed by atoms with Crippen molar-refractivity contribution in [1.82, 2.24) is 29.7 Å². The third kappa shape index (κ3) is 3.25. The summed E-state index contributed by atoms with van der Waals surface area (Å²) in [5, 5.41) is 10.4. The Balaban J connectivity index is 1.76. The molecule has 0 spiro atoms. The first-order chi connectivity index (χ1) is 12.8. The van der Waals surface area contributed by atoms with Gasteiger partial charge in [0.2, 0.25) is 0 Å². The van der Waals surface area contributed by atoms with Crippen LogP contribution in [-0.4, -0.2) is 36.0 Å². The van der Waals surface area contributed by atoms with Crippen molar-refractivity contribution in [1.29, 1.82) is 0 Å². The summed E-state index contributed by atoms with van der Waals surface area (Å²) in [6, 6.07) is 10.0. The molecule has 3 heterocycles. The third-order valence-electron chi connectivity index (χ3n) is 3.56. The van der Waals surface area contributed by atoms with E-state index in [0.29, 0.717) is 6.54 Å². The van der Waals surface area contributed by atoms with Crippen LogP contribution in [0.5, 0.6) is 0 Å². The van der Waals surface area contributed by atoms with Gasteiger partial charge >= 0.3 is 0 Å². The summed E-state index contributed by atoms with van der Waals surface area (Å²) in [4.78, 5) is 13.2. The second-order valence-corrected chi connectivity index (χ2v) is 8.20. The van der Waals surface area contributed by atoms with Crippen LogP contribution in [0.2, 0.25) is 0 Å². The average molecular weight is 399 g/mol. The predicted octanol–water partition coefficient (Wildman–Crippen LogP) is 4.40. The average Bonchev–Trinajstić information content (AvgIpc) is 3.28. The first-order valence-corrected chi connectivity index (χ1v) is 10.6. The number of nitrogens with zero attached hydrogens (tertiary/aromatic N) is 6. The summed E-state index contributed by atoms with van der Waals surface area (Å²) in [5.74, 6) is 0.812. The molecule has 0 amide bonds. The van der Waals surface area contributed by atoms with Crippen molar-refractivity contribution < 1.29 is 0 Å². The molecular formula is C17H14N6S3. The number of hydrogen-bond acceptors (Lipinski definition) is 8. The lowest BCUT2D eigenvalue weighted by Crippen LogP contribution is -2.00. The lowest BCUT2D eigenvalue weighted by atomic mass is 10.2. The van der Waals surface area contributed by atoms with Crippen molar-refractivity contribution >= 4 is 45.2 Å². The molecule has 1 aromatic carbocycles. The molecule has 0 saturated carbocycles. The van der Waals surface area contributed by atoms with Crippen LogP contribution in [0.25, 0.3) is 21.7 Å². The van der Waals surface area contributed by atoms with Crippen LogP contribution in [0.4, 0.5) is 0 Å². The van der Waals surface area contributed by atoms with E-state index < -0.39 is 0 Å². The van der Waals surface area contributed by atoms with Gasteiger partial charge in [0.05, 0.1) is 0 Å². The Kier molecular flexibility index (Phi) is 5.00. The summed E-state index contributed by atoms with van der Waals surface area (Å²) in [5.41, 5.74) is 1.74. The minimum absolute atomic E-state index is 0.618. The number of fused-ring (bicyclic) bond motifs is 1. The minimum atomic E-state index is 0.618. The van der Waals surface area contributed by atoms with Crippen molar-refractivity contribution in [3.8, 4) is 11.4 Å². The molecule has 4 rings (SSSR count). The number of hydrogen-bond donors (Lipinski definition) is 0. The van der Waals surface area contributed by atoms with Gasteiger partial charge in [-0.1, -0.05) is 48.2 Å². The lowest BCUT2D eigenvalue weighted by molar-refractivity contribution is 0.730. The Bertz CT molecular complexity index is 1060. The van der Waals surface area contributed by atoms with Crippen LogP contribution in [0.1, 0.15) is 0 Å². The normalized spacial score (nSPS) is 11.1. The molecule has 130 valence electrons. The van der Waals surface area contributed by atoms with Gasteiger partial charge in [-0.15, -0.1) is 28.1 Å². The summed E-state index contributed by atoms with van der Waals surface area (Å²) in [6.45, 7) is 4.48. The van der Waals surface area contributed by atoms with Crippen LogP contribution in [0, 0.1) is 0 Å². The zero-order valence-corrected chi connectivity index (χ0v) is 16.3. The van der Waals surface area contributed by atoms with E-state index in [1.165, 1.54) is 11.8 Å². The molecule has 0 atom stereocenters. The van der Waals surface area contributed by atoms with E-state index >= 15 is 0 Å². The fourth-order valence-electron chi connectivity index (χ4n) is 2.42. The second-order valence-electron chi connectivity index (χ2n) is 5.19. The molecule has 3 aromatic heterocycles. The van der Waals surface area contributed by atoms with Gasteiger partial charge in [-0.2, -0.15) is 0 Å². The van der Waals surface area contributed by atoms with E-state index in [1.54, 1.807) is 29.4 Å². The van der Waals surface area contributed by atoms with Crippen LogP contribution >= 0.6 is 34.9 Å². The smallest absolute Gasteiger partial charge is 0.198 e. The van der Waals surface area contributed by atoms with E-state index in [9.17, 15) is 0 Å². The molecule has 0 N–H and O–H groups in total. The molecule has 9 heteroatoms. The van der Waals surface area contributed by atoms with Gasteiger partial charge in [0, 0.05) is 12.1 Å². The molecule has 0 bridgehead atoms. The quantitative estimate of drug-likeness (QED) is 0.271. The van der Waals surface area contributed by atoms with Crippen molar-refractivity contribution in [2.75, 3.05) is 6.26 Å². The molecule has 0 unspecified atom stereocenters. The van der Waals surface area contributed by atoms with E-state index in [2.05, 4.69) is 31.7 Å². The van der Waals surface area contributed by atoms with E-state index in [0.717, 1.165) is 36.3 Å². The van der Waals surface area contributed by atoms with Crippen molar-refractivity contribution in [2.24, 2.45) is 0 Å². The number of rotatable bonds is 6. The minimum Gasteiger partial charge on any atom is -0.298 e. The fourth-order valence-corrected chi connectivity index (χ4v) is 4.88. The molecule has 0 aliphatic rings. The van der Waals surface area contributed by atoms with Crippen LogP contribution in [0.3, 0.4) is 0 Å². The highest BCUT2D eigenvalue weighted by Gasteiger charge is 2.17. The van der Waals surface area contributed by atoms with Crippen LogP contribution in [0.15, 0.2) is 63.8 Å². The molecule has 0 fully saturated rings. The number of benzene rings is 1. The SMILES string of the molecule is C=CCn1c(Sc2ncnc3nc(SC)sc23)nnc1-c1ccccc1. The molecule has 4 aromatic rings. The maximum absolute atomic E-state index is 4.50. The monoisotopic (exact) mass is 398 g/mol. The topological polar surface area (TPSA) is 69.4 Å². The molecule has 0 radical (unpaired) electrons. The maximum Gasteiger partial charge on any atom is 0.198 e. The van der Waals surface area contributed by atoms with Crippen LogP contribution < -0.4 is 0 Å². The van der Waals surface area contributed by atoms with Crippen molar-refractivity contribution in [3.05, 3.63) is 49.3 Å². The second kappa shape index (κ2) is 7.56. The van der Waals surface area contributed by atoms with Gasteiger partial charge in [0.15, 0.2) is 21.0 Å². The standard InChI is InChI=1S/C17H14N6S3/c1-3-9-23-14(11-7-5-4-6-8-11)21-22-16(23)26-15-12-13(18-10-19-15)20-17(24-2)25-12/h3-8,10H,1,9H2,2H3. The molecule has 0 aliphatic carbocycles. The predicted molar refractivity (Wildman–Crippen MR) is 107 cm³/mol. The van der Waals surface area contributed by atoms with E-state index in [1.807, 2.05) is 47.2 Å². The highest BCUT2D eigenvalue weighted by atomic mass is 32.2. The molecule has 0 saturated heterocycles. The Morgan fingerprint density at radius 1 is 1.19 bits per heavy atom. The fraction of sp³-hybridized carbons (Fsp3) is 0.118. The number of thiazole rings is 1. The zero-order valence-electron chi connectivity index (χ0n) is 13.9. The Morgan fingerprint density at radius 2 is 2.04 bits per heavy atom. The van der Waals surface area contributed by atoms with Gasteiger partial charge in [0.1, 0.15) is 16.1 Å². The molecule has 26 heavy (non-hydrogen) atoms. The van der Waals surface area contributed by atoms with E-state index in [-0.39, 0.29) is 0 Å². The highest BCUT2D eigenvalue weighted by molar-refractivity contribution is 8.00. The Morgan fingerprint density at radius 3 is 2.81 bits per heavy atom. The first kappa shape index (κ1) is 17.2. The Hall–Kier alpha value is -2.23. The van der Waals surface area contributed by atoms with E-state index in [4.69, 9.17) is 0 Å². The first-order valence-electron chi connectivity index (χ1n) is 7.73. The number of aromatic nitrogens is 6. The van der Waals surface area contributed by atoms with Gasteiger partial charge in [-0.05, 0) is 18.0 Å². The van der Waals surface area contributed by atoms with Gasteiger partial charge < -0.3 is 0 Å². The van der Waals surface area contributed by atoms with Crippen molar-refractivity contribution in [2.45, 2.75) is 21.1 Å². The van der Waals surface area contributed by atoms with Gasteiger partial charge in [-0.3, -0.25) is 4.57 Å². The summed E-state index contributed by atoms with van der Waals surface area (Å²) < 4.78 is 3.98. The zero-order chi connectivity index (χ0) is 17.9. The summed E-state index contributed by atoms with van der Waals surface area (Å²) in [6.07, 6.45) is 5.39. The lowest BCUT2D eigenvalue weighted by Gasteiger charge is -2.07. The Labute approximate surface area is 162 Å². The largest absolute Gasteiger partial charge is 0.298 e. The highest BCUT2D eigenvalue weighted by Crippen LogP contribution is 2.36. The van der Waals surface area contributed by atoms with Gasteiger partial charge in [-0.25, -0.2) is 15.0 Å². The summed E-state index contributed by atoms with van der Waals surface area (Å²) >= 11 is 4.67. The van der Waals surface area contributed by atoms with Gasteiger partial charge in [0.25, 0.3) is 0 Å². The third-order valence-corrected chi connectivity index (χ3v) is 6.72.